The van der Waals surface area contributed by atoms with E-state index in [-0.39, 0.29) is 5.91 Å². The molecule has 2 rings (SSSR count). The van der Waals surface area contributed by atoms with Crippen LogP contribution in [-0.4, -0.2) is 28.9 Å². The van der Waals surface area contributed by atoms with Crippen LogP contribution in [0.5, 0.6) is 0 Å². The SMILES string of the molecule is CCN(C(=O)C1(N)CCC1)C1CCCC1. The first-order valence-corrected chi connectivity index (χ1v) is 6.27. The molecule has 1 amide bonds. The summed E-state index contributed by atoms with van der Waals surface area (Å²) in [4.78, 5) is 14.3. The van der Waals surface area contributed by atoms with Crippen molar-refractivity contribution in [1.29, 1.82) is 0 Å². The molecule has 3 heteroatoms. The molecular weight excluding hydrogens is 188 g/mol. The van der Waals surface area contributed by atoms with E-state index < -0.39 is 5.54 Å². The second kappa shape index (κ2) is 4.12. The number of nitrogens with two attached hydrogens (primary N) is 1. The lowest BCUT2D eigenvalue weighted by Gasteiger charge is -2.42. The lowest BCUT2D eigenvalue weighted by molar-refractivity contribution is -0.142. The number of carbonyl (C=O) groups excluding carboxylic acids is 1. The third-order valence-electron chi connectivity index (χ3n) is 4.04. The minimum Gasteiger partial charge on any atom is -0.338 e. The van der Waals surface area contributed by atoms with Gasteiger partial charge in [-0.05, 0) is 39.0 Å². The Morgan fingerprint density at radius 2 is 1.93 bits per heavy atom. The molecule has 0 bridgehead atoms. The standard InChI is InChI=1S/C12H22N2O/c1-2-14(10-6-3-4-7-10)11(15)12(13)8-5-9-12/h10H,2-9,13H2,1H3. The summed E-state index contributed by atoms with van der Waals surface area (Å²) in [5, 5.41) is 0. The number of hydrogen-bond donors (Lipinski definition) is 1. The highest BCUT2D eigenvalue weighted by Crippen LogP contribution is 2.33. The minimum absolute atomic E-state index is 0.211. The Morgan fingerprint density at radius 3 is 2.33 bits per heavy atom. The van der Waals surface area contributed by atoms with E-state index in [4.69, 9.17) is 5.73 Å². The summed E-state index contributed by atoms with van der Waals surface area (Å²) < 4.78 is 0. The summed E-state index contributed by atoms with van der Waals surface area (Å²) in [7, 11) is 0. The zero-order chi connectivity index (χ0) is 10.9. The van der Waals surface area contributed by atoms with Gasteiger partial charge in [-0.3, -0.25) is 4.79 Å². The average Bonchev–Trinajstić information content (AvgIpc) is 2.68. The zero-order valence-corrected chi connectivity index (χ0v) is 9.67. The molecule has 2 N–H and O–H groups in total. The molecule has 0 aromatic carbocycles. The van der Waals surface area contributed by atoms with Crippen LogP contribution in [0.2, 0.25) is 0 Å². The molecule has 0 unspecified atom stereocenters. The lowest BCUT2D eigenvalue weighted by atomic mass is 9.76. The highest BCUT2D eigenvalue weighted by molar-refractivity contribution is 5.87. The van der Waals surface area contributed by atoms with Crippen LogP contribution in [0.25, 0.3) is 0 Å². The molecule has 0 radical (unpaired) electrons. The van der Waals surface area contributed by atoms with Gasteiger partial charge in [0.15, 0.2) is 0 Å². The molecule has 0 heterocycles. The van der Waals surface area contributed by atoms with Crippen molar-refractivity contribution in [2.75, 3.05) is 6.54 Å². The largest absolute Gasteiger partial charge is 0.338 e. The number of rotatable bonds is 3. The Balaban J connectivity index is 2.01. The number of hydrogen-bond acceptors (Lipinski definition) is 2. The first-order valence-electron chi connectivity index (χ1n) is 6.27. The first kappa shape index (κ1) is 10.9. The van der Waals surface area contributed by atoms with Crippen molar-refractivity contribution in [2.45, 2.75) is 63.5 Å². The third kappa shape index (κ3) is 1.89. The molecule has 15 heavy (non-hydrogen) atoms. The van der Waals surface area contributed by atoms with Crippen molar-refractivity contribution >= 4 is 5.91 Å². The van der Waals surface area contributed by atoms with Crippen LogP contribution < -0.4 is 5.73 Å². The smallest absolute Gasteiger partial charge is 0.242 e. The molecule has 0 saturated heterocycles. The summed E-state index contributed by atoms with van der Waals surface area (Å²) in [6.45, 7) is 2.89. The number of likely N-dealkylation sites (N-methyl/N-ethyl adjacent to an activating group) is 1. The summed E-state index contributed by atoms with van der Waals surface area (Å²) in [5.41, 5.74) is 5.60. The van der Waals surface area contributed by atoms with E-state index in [0.29, 0.717) is 6.04 Å². The molecular formula is C12H22N2O. The van der Waals surface area contributed by atoms with Crippen LogP contribution in [0.1, 0.15) is 51.9 Å². The maximum absolute atomic E-state index is 12.3. The molecule has 0 aromatic heterocycles. The molecule has 0 aromatic rings. The molecule has 2 saturated carbocycles. The Labute approximate surface area is 92.0 Å². The van der Waals surface area contributed by atoms with Crippen LogP contribution in [-0.2, 0) is 4.79 Å². The van der Waals surface area contributed by atoms with Gasteiger partial charge >= 0.3 is 0 Å². The zero-order valence-electron chi connectivity index (χ0n) is 9.67. The van der Waals surface area contributed by atoms with Crippen LogP contribution in [0.4, 0.5) is 0 Å². The monoisotopic (exact) mass is 210 g/mol. The topological polar surface area (TPSA) is 46.3 Å². The van der Waals surface area contributed by atoms with E-state index in [2.05, 4.69) is 6.92 Å². The number of amides is 1. The normalized spacial score (nSPS) is 24.9. The predicted molar refractivity (Wildman–Crippen MR) is 60.4 cm³/mol. The van der Waals surface area contributed by atoms with E-state index in [1.807, 2.05) is 4.90 Å². The van der Waals surface area contributed by atoms with Crippen LogP contribution in [0.15, 0.2) is 0 Å². The second-order valence-electron chi connectivity index (χ2n) is 5.04. The van der Waals surface area contributed by atoms with Gasteiger partial charge in [0.2, 0.25) is 5.91 Å². The summed E-state index contributed by atoms with van der Waals surface area (Å²) in [6.07, 6.45) is 7.78. The summed E-state index contributed by atoms with van der Waals surface area (Å²) in [5.74, 6) is 0.211. The second-order valence-corrected chi connectivity index (χ2v) is 5.04. The average molecular weight is 210 g/mol. The molecule has 86 valence electrons. The van der Waals surface area contributed by atoms with E-state index in [0.717, 1.165) is 25.8 Å². The fourth-order valence-corrected chi connectivity index (χ4v) is 2.84. The van der Waals surface area contributed by atoms with Gasteiger partial charge in [0.05, 0.1) is 5.54 Å². The van der Waals surface area contributed by atoms with Crippen molar-refractivity contribution in [1.82, 2.24) is 4.90 Å². The number of nitrogens with zero attached hydrogens (tertiary/aromatic N) is 1. The van der Waals surface area contributed by atoms with Gasteiger partial charge in [0.1, 0.15) is 0 Å². The van der Waals surface area contributed by atoms with Crippen LogP contribution in [0.3, 0.4) is 0 Å². The highest BCUT2D eigenvalue weighted by Gasteiger charge is 2.44. The molecule has 0 atom stereocenters. The quantitative estimate of drug-likeness (QED) is 0.770. The van der Waals surface area contributed by atoms with E-state index >= 15 is 0 Å². The lowest BCUT2D eigenvalue weighted by Crippen LogP contribution is -2.61. The molecule has 2 aliphatic rings. The highest BCUT2D eigenvalue weighted by atomic mass is 16.2. The van der Waals surface area contributed by atoms with E-state index in [9.17, 15) is 4.79 Å². The maximum Gasteiger partial charge on any atom is 0.242 e. The van der Waals surface area contributed by atoms with Gasteiger partial charge in [0.25, 0.3) is 0 Å². The molecule has 2 fully saturated rings. The molecule has 3 nitrogen and oxygen atoms in total. The number of carbonyl (C=O) groups is 1. The minimum atomic E-state index is -0.501. The van der Waals surface area contributed by atoms with Gasteiger partial charge in [-0.1, -0.05) is 12.8 Å². The van der Waals surface area contributed by atoms with Crippen molar-refractivity contribution in [3.05, 3.63) is 0 Å². The van der Waals surface area contributed by atoms with Gasteiger partial charge in [-0.15, -0.1) is 0 Å². The Hall–Kier alpha value is -0.570. The Morgan fingerprint density at radius 1 is 1.33 bits per heavy atom. The fourth-order valence-electron chi connectivity index (χ4n) is 2.84. The van der Waals surface area contributed by atoms with Gasteiger partial charge in [0, 0.05) is 12.6 Å². The van der Waals surface area contributed by atoms with Crippen molar-refractivity contribution < 1.29 is 4.79 Å². The fraction of sp³-hybridized carbons (Fsp3) is 0.917. The summed E-state index contributed by atoms with van der Waals surface area (Å²) >= 11 is 0. The van der Waals surface area contributed by atoms with Gasteiger partial charge in [-0.2, -0.15) is 0 Å². The van der Waals surface area contributed by atoms with Crippen molar-refractivity contribution in [2.24, 2.45) is 5.73 Å². The third-order valence-corrected chi connectivity index (χ3v) is 4.04. The van der Waals surface area contributed by atoms with E-state index in [1.54, 1.807) is 0 Å². The van der Waals surface area contributed by atoms with Crippen LogP contribution in [0, 0.1) is 0 Å². The van der Waals surface area contributed by atoms with Crippen LogP contribution >= 0.6 is 0 Å². The molecule has 0 spiro atoms. The van der Waals surface area contributed by atoms with Crippen molar-refractivity contribution in [3.63, 3.8) is 0 Å². The van der Waals surface area contributed by atoms with Crippen molar-refractivity contribution in [3.8, 4) is 0 Å². The van der Waals surface area contributed by atoms with Gasteiger partial charge in [-0.25, -0.2) is 0 Å². The Kier molecular flexibility index (Phi) is 3.01. The summed E-state index contributed by atoms with van der Waals surface area (Å²) in [6, 6.07) is 0.475. The molecule has 2 aliphatic carbocycles. The molecule has 0 aliphatic heterocycles. The maximum atomic E-state index is 12.3. The predicted octanol–water partition coefficient (Wildman–Crippen LogP) is 1.66. The first-order chi connectivity index (χ1) is 7.17. The van der Waals surface area contributed by atoms with Gasteiger partial charge < -0.3 is 10.6 Å². The Bertz CT molecular complexity index is 242. The van der Waals surface area contributed by atoms with E-state index in [1.165, 1.54) is 25.7 Å².